The number of hydrogen-bond donors (Lipinski definition) is 0. The molecule has 0 aliphatic rings. The molecular formula is C70H88O18. The number of ether oxygens (including phenoxy) is 9. The topological polar surface area (TPSA) is 190 Å². The van der Waals surface area contributed by atoms with Crippen molar-refractivity contribution in [3.05, 3.63) is 171 Å². The van der Waals surface area contributed by atoms with Crippen LogP contribution in [0.1, 0.15) is 99.3 Å². The molecule has 0 unspecified atom stereocenters. The molecule has 0 fully saturated rings. The maximum atomic E-state index is 11.7. The largest absolute Gasteiger partial charge is 0.490 e. The fourth-order valence-corrected chi connectivity index (χ4v) is 7.75. The van der Waals surface area contributed by atoms with Crippen molar-refractivity contribution in [2.75, 3.05) is 99.1 Å². The molecule has 0 heterocycles. The van der Waals surface area contributed by atoms with E-state index in [0.717, 1.165) is 51.6 Å². The lowest BCUT2D eigenvalue weighted by Crippen LogP contribution is -2.09. The minimum absolute atomic E-state index is 0.227. The molecule has 0 amide bonds. The summed E-state index contributed by atoms with van der Waals surface area (Å²) in [5.74, 6) is 1.56. The highest BCUT2D eigenvalue weighted by Crippen LogP contribution is 2.43. The van der Waals surface area contributed by atoms with Gasteiger partial charge in [0.25, 0.3) is 0 Å². The zero-order chi connectivity index (χ0) is 62.9. The van der Waals surface area contributed by atoms with Crippen molar-refractivity contribution >= 4 is 42.2 Å². The summed E-state index contributed by atoms with van der Waals surface area (Å²) in [5, 5.41) is 0. The van der Waals surface area contributed by atoms with Gasteiger partial charge in [-0.05, 0) is 124 Å². The molecule has 0 aliphatic carbocycles. The number of hydrogen-bond acceptors (Lipinski definition) is 18. The molecule has 0 aromatic heterocycles. The van der Waals surface area contributed by atoms with Gasteiger partial charge in [-0.3, -0.25) is 0 Å². The predicted octanol–water partition coefficient (Wildman–Crippen LogP) is 14.2. The fourth-order valence-electron chi connectivity index (χ4n) is 7.75. The highest BCUT2D eigenvalue weighted by Gasteiger charge is 2.20. The lowest BCUT2D eigenvalue weighted by atomic mass is 10.0. The van der Waals surface area contributed by atoms with Gasteiger partial charge < -0.3 is 42.6 Å². The van der Waals surface area contributed by atoms with Crippen molar-refractivity contribution in [3.63, 3.8) is 0 Å². The van der Waals surface area contributed by atoms with Gasteiger partial charge in [0.15, 0.2) is 23.0 Å². The zero-order valence-corrected chi connectivity index (χ0v) is 50.9. The normalized spacial score (nSPS) is 11.0. The molecule has 18 heteroatoms. The monoisotopic (exact) mass is 1220 g/mol. The maximum absolute atomic E-state index is 11.7. The van der Waals surface area contributed by atoms with E-state index in [4.69, 9.17) is 72.0 Å². The Morgan fingerprint density at radius 2 is 0.580 bits per heavy atom. The standard InChI is InChI=1S/C70H88O18/c1-7-41-83-86-53-22-19-45-75-63-40-38-60(67(79-49-17-15-47-77-65(72)11-5)70(63)82-52-21-24-55-88-85-43-9-3)35-29-56-25-31-58(32-26-56)59-33-27-57(28-34-59)30-36-61-37-39-62(74-44-13-14-46-76-64(71)10-4)69(81-51-18-16-48-78-66(73)12-6)68(61)80-50-20-23-54-87-84-42-8-2/h7-12,25-40H,1-6,13-24,41-55H2/b35-29+,36-30+. The Bertz CT molecular complexity index is 2750. The molecule has 0 spiro atoms. The molecule has 0 bridgehead atoms. The summed E-state index contributed by atoms with van der Waals surface area (Å²) in [7, 11) is 0. The molecule has 0 saturated heterocycles. The number of unbranched alkanes of at least 4 members (excludes halogenated alkanes) is 6. The third-order valence-corrected chi connectivity index (χ3v) is 12.3. The van der Waals surface area contributed by atoms with Crippen molar-refractivity contribution < 1.29 is 86.3 Å². The van der Waals surface area contributed by atoms with E-state index in [-0.39, 0.29) is 19.8 Å². The van der Waals surface area contributed by atoms with Crippen LogP contribution in [-0.4, -0.2) is 117 Å². The van der Waals surface area contributed by atoms with Gasteiger partial charge in [0, 0.05) is 29.4 Å². The molecule has 4 aromatic carbocycles. The summed E-state index contributed by atoms with van der Waals surface area (Å²) in [6.45, 7) is 26.1. The van der Waals surface area contributed by atoms with Crippen LogP contribution in [0.5, 0.6) is 34.5 Å². The second kappa shape index (κ2) is 46.9. The predicted molar refractivity (Wildman–Crippen MR) is 341 cm³/mol. The highest BCUT2D eigenvalue weighted by atomic mass is 17.2. The molecule has 88 heavy (non-hydrogen) atoms. The summed E-state index contributed by atoms with van der Waals surface area (Å²) < 4.78 is 54.0. The van der Waals surface area contributed by atoms with Gasteiger partial charge in [0.2, 0.25) is 11.5 Å². The second-order valence-electron chi connectivity index (χ2n) is 19.2. The van der Waals surface area contributed by atoms with Crippen molar-refractivity contribution in [2.45, 2.75) is 77.0 Å². The summed E-state index contributed by atoms with van der Waals surface area (Å²) in [6, 6.07) is 24.2. The maximum Gasteiger partial charge on any atom is 0.330 e. The second-order valence-corrected chi connectivity index (χ2v) is 19.2. The summed E-state index contributed by atoms with van der Waals surface area (Å²) >= 11 is 0. The van der Waals surface area contributed by atoms with Gasteiger partial charge in [-0.15, -0.1) is 19.7 Å². The summed E-state index contributed by atoms with van der Waals surface area (Å²) in [4.78, 5) is 65.7. The Morgan fingerprint density at radius 1 is 0.295 bits per heavy atom. The van der Waals surface area contributed by atoms with E-state index in [2.05, 4.69) is 88.0 Å². The molecule has 4 aromatic rings. The Kier molecular flexibility index (Phi) is 38.5. The Balaban J connectivity index is 1.56. The molecule has 0 radical (unpaired) electrons. The number of carbonyl (C=O) groups is 3. The minimum Gasteiger partial charge on any atom is -0.490 e. The number of carbonyl (C=O) groups excluding carboxylic acids is 3. The molecular weight excluding hydrogens is 1130 g/mol. The van der Waals surface area contributed by atoms with E-state index in [1.165, 1.54) is 0 Å². The van der Waals surface area contributed by atoms with Crippen LogP contribution in [0.4, 0.5) is 0 Å². The lowest BCUT2D eigenvalue weighted by molar-refractivity contribution is -0.286. The van der Waals surface area contributed by atoms with Crippen LogP contribution in [0.3, 0.4) is 0 Å². The van der Waals surface area contributed by atoms with Gasteiger partial charge in [0.1, 0.15) is 19.8 Å². The SMILES string of the molecule is C=CCOOCCCCOc1ccc(/C=C/c2ccc(-c3ccc(/C=C/c4ccc(OCCCCOC(=O)C=C)c(OCCCCOC(=O)C=C)c4OCCCCOOCC=C)cc3)cc2)c(OCCCCOC(=O)C=C)c1OCCCCOOCC=C. The first-order chi connectivity index (χ1) is 43.2. The Hall–Kier alpha value is -8.23. The molecule has 4 rings (SSSR count). The van der Waals surface area contributed by atoms with E-state index in [9.17, 15) is 14.4 Å². The van der Waals surface area contributed by atoms with Crippen molar-refractivity contribution in [3.8, 4) is 45.6 Å². The minimum atomic E-state index is -0.481. The van der Waals surface area contributed by atoms with Crippen LogP contribution in [0.25, 0.3) is 35.4 Å². The van der Waals surface area contributed by atoms with Crippen molar-refractivity contribution in [2.24, 2.45) is 0 Å². The first-order valence-corrected chi connectivity index (χ1v) is 29.9. The number of rotatable bonds is 53. The van der Waals surface area contributed by atoms with Crippen LogP contribution in [0.2, 0.25) is 0 Å². The third kappa shape index (κ3) is 30.4. The first kappa shape index (κ1) is 72.2. The van der Waals surface area contributed by atoms with Gasteiger partial charge in [-0.2, -0.15) is 0 Å². The van der Waals surface area contributed by atoms with Crippen LogP contribution in [0.15, 0.2) is 149 Å². The van der Waals surface area contributed by atoms with Crippen molar-refractivity contribution in [1.29, 1.82) is 0 Å². The Morgan fingerprint density at radius 3 is 0.886 bits per heavy atom. The van der Waals surface area contributed by atoms with E-state index in [1.807, 2.05) is 48.6 Å². The number of esters is 3. The zero-order valence-electron chi connectivity index (χ0n) is 50.9. The molecule has 476 valence electrons. The summed E-state index contributed by atoms with van der Waals surface area (Å²) in [5.41, 5.74) is 5.53. The lowest BCUT2D eigenvalue weighted by Gasteiger charge is -2.19. The Labute approximate surface area is 519 Å². The van der Waals surface area contributed by atoms with Crippen LogP contribution in [-0.2, 0) is 57.9 Å². The fraction of sp³-hybridized carbons (Fsp3) is 0.386. The molecule has 0 atom stereocenters. The van der Waals surface area contributed by atoms with Crippen LogP contribution in [0, 0.1) is 0 Å². The van der Waals surface area contributed by atoms with E-state index >= 15 is 0 Å². The smallest absolute Gasteiger partial charge is 0.330 e. The molecule has 0 aliphatic heterocycles. The van der Waals surface area contributed by atoms with Crippen LogP contribution >= 0.6 is 0 Å². The molecule has 0 N–H and O–H groups in total. The quantitative estimate of drug-likeness (QED) is 0.00592. The van der Waals surface area contributed by atoms with Crippen molar-refractivity contribution in [1.82, 2.24) is 0 Å². The average Bonchev–Trinajstić information content (AvgIpc) is 3.67. The highest BCUT2D eigenvalue weighted by molar-refractivity contribution is 5.82. The summed E-state index contributed by atoms with van der Waals surface area (Å²) in [6.07, 6.45) is 23.9. The van der Waals surface area contributed by atoms with Gasteiger partial charge in [-0.1, -0.05) is 111 Å². The average molecular weight is 1220 g/mol. The van der Waals surface area contributed by atoms with Crippen LogP contribution < -0.4 is 28.4 Å². The molecule has 18 nitrogen and oxygen atoms in total. The number of benzene rings is 4. The molecule has 0 saturated carbocycles. The van der Waals surface area contributed by atoms with Gasteiger partial charge in [-0.25, -0.2) is 43.7 Å². The van der Waals surface area contributed by atoms with Gasteiger partial charge in [0.05, 0.1) is 79.3 Å². The van der Waals surface area contributed by atoms with Gasteiger partial charge >= 0.3 is 17.9 Å². The third-order valence-electron chi connectivity index (χ3n) is 12.3. The van der Waals surface area contributed by atoms with E-state index < -0.39 is 17.9 Å². The first-order valence-electron chi connectivity index (χ1n) is 29.9. The van der Waals surface area contributed by atoms with E-state index in [0.29, 0.717) is 191 Å². The van der Waals surface area contributed by atoms with E-state index in [1.54, 1.807) is 18.2 Å².